The minimum absolute atomic E-state index is 0.170. The van der Waals surface area contributed by atoms with Crippen LogP contribution in [-0.4, -0.2) is 29.6 Å². The number of ether oxygens (including phenoxy) is 1. The van der Waals surface area contributed by atoms with E-state index in [4.69, 9.17) is 4.74 Å². The first kappa shape index (κ1) is 14.1. The maximum atomic E-state index is 10.8. The first-order chi connectivity index (χ1) is 8.54. The van der Waals surface area contributed by atoms with E-state index in [1.165, 1.54) is 0 Å². The minimum atomic E-state index is -0.546. The molecule has 1 heterocycles. The van der Waals surface area contributed by atoms with Gasteiger partial charge in [-0.15, -0.1) is 0 Å². The van der Waals surface area contributed by atoms with Crippen molar-refractivity contribution in [2.45, 2.75) is 13.8 Å². The van der Waals surface area contributed by atoms with Crippen molar-refractivity contribution in [3.8, 4) is 5.75 Å². The summed E-state index contributed by atoms with van der Waals surface area (Å²) in [5.74, 6) is -0.0884. The molecule has 0 saturated heterocycles. The lowest BCUT2D eigenvalue weighted by molar-refractivity contribution is -0.390. The van der Waals surface area contributed by atoms with E-state index in [2.05, 4.69) is 16.9 Å². The molecule has 98 valence electrons. The Bertz CT molecular complexity index is 446. The molecule has 1 N–H and O–H groups in total. The number of aryl methyl sites for hydroxylation is 1. The average molecular weight is 251 g/mol. The molecule has 0 unspecified atom stereocenters. The van der Waals surface area contributed by atoms with Gasteiger partial charge in [0.15, 0.2) is 0 Å². The summed E-state index contributed by atoms with van der Waals surface area (Å²) in [6, 6.07) is 3.23. The standard InChI is InChI=1S/C12H17N3O3/c1-4-13-7-9(2)8-18-11-6-5-10(3)14-12(11)15(16)17/h5-6,13H,2,4,7-8H2,1,3H3. The van der Waals surface area contributed by atoms with Crippen LogP contribution in [0.1, 0.15) is 12.6 Å². The summed E-state index contributed by atoms with van der Waals surface area (Å²) in [7, 11) is 0. The Morgan fingerprint density at radius 1 is 1.61 bits per heavy atom. The topological polar surface area (TPSA) is 77.3 Å². The van der Waals surface area contributed by atoms with Crippen molar-refractivity contribution in [3.05, 3.63) is 40.1 Å². The smallest absolute Gasteiger partial charge is 0.406 e. The molecule has 0 radical (unpaired) electrons. The van der Waals surface area contributed by atoms with Crippen molar-refractivity contribution in [1.82, 2.24) is 10.3 Å². The van der Waals surface area contributed by atoms with Crippen LogP contribution < -0.4 is 10.1 Å². The molecule has 1 aromatic heterocycles. The first-order valence-electron chi connectivity index (χ1n) is 5.66. The Balaban J connectivity index is 2.67. The van der Waals surface area contributed by atoms with E-state index in [9.17, 15) is 10.1 Å². The van der Waals surface area contributed by atoms with Gasteiger partial charge in [-0.3, -0.25) is 0 Å². The molecule has 0 aromatic carbocycles. The average Bonchev–Trinajstić information content (AvgIpc) is 2.34. The van der Waals surface area contributed by atoms with Crippen molar-refractivity contribution in [1.29, 1.82) is 0 Å². The van der Waals surface area contributed by atoms with Gasteiger partial charge in [-0.1, -0.05) is 13.5 Å². The molecule has 1 rings (SSSR count). The van der Waals surface area contributed by atoms with Gasteiger partial charge < -0.3 is 20.2 Å². The fourth-order valence-electron chi connectivity index (χ4n) is 1.31. The predicted octanol–water partition coefficient (Wildman–Crippen LogP) is 1.84. The van der Waals surface area contributed by atoms with Gasteiger partial charge in [-0.25, -0.2) is 0 Å². The summed E-state index contributed by atoms with van der Waals surface area (Å²) in [6.07, 6.45) is 0. The second kappa shape index (κ2) is 6.70. The number of nitro groups is 1. The number of nitrogens with one attached hydrogen (secondary N) is 1. The van der Waals surface area contributed by atoms with E-state index in [0.717, 1.165) is 12.1 Å². The molecule has 18 heavy (non-hydrogen) atoms. The number of aromatic nitrogens is 1. The van der Waals surface area contributed by atoms with Crippen LogP contribution in [0.5, 0.6) is 5.75 Å². The molecule has 0 saturated carbocycles. The summed E-state index contributed by atoms with van der Waals surface area (Å²) >= 11 is 0. The largest absolute Gasteiger partial charge is 0.481 e. The number of pyridine rings is 1. The van der Waals surface area contributed by atoms with Gasteiger partial charge in [0.25, 0.3) is 0 Å². The third-order valence-corrected chi connectivity index (χ3v) is 2.21. The lowest BCUT2D eigenvalue weighted by Crippen LogP contribution is -2.19. The van der Waals surface area contributed by atoms with Crippen molar-refractivity contribution in [2.75, 3.05) is 19.7 Å². The van der Waals surface area contributed by atoms with E-state index in [1.807, 2.05) is 6.92 Å². The molecule has 6 heteroatoms. The SMILES string of the molecule is C=C(CNCC)COc1ccc(C)nc1[N+](=O)[O-]. The molecule has 0 amide bonds. The zero-order valence-corrected chi connectivity index (χ0v) is 10.6. The molecular formula is C12H17N3O3. The van der Waals surface area contributed by atoms with E-state index in [1.54, 1.807) is 19.1 Å². The highest BCUT2D eigenvalue weighted by Gasteiger charge is 2.17. The monoisotopic (exact) mass is 251 g/mol. The second-order valence-corrected chi connectivity index (χ2v) is 3.85. The van der Waals surface area contributed by atoms with E-state index < -0.39 is 4.92 Å². The van der Waals surface area contributed by atoms with Crippen LogP contribution in [0.25, 0.3) is 0 Å². The van der Waals surface area contributed by atoms with Crippen LogP contribution in [0.2, 0.25) is 0 Å². The highest BCUT2D eigenvalue weighted by atomic mass is 16.6. The number of nitrogens with zero attached hydrogens (tertiary/aromatic N) is 2. The van der Waals surface area contributed by atoms with Crippen molar-refractivity contribution >= 4 is 5.82 Å². The van der Waals surface area contributed by atoms with Gasteiger partial charge in [0, 0.05) is 13.5 Å². The van der Waals surface area contributed by atoms with Crippen LogP contribution in [0.4, 0.5) is 5.82 Å². The maximum absolute atomic E-state index is 10.8. The normalized spacial score (nSPS) is 10.1. The van der Waals surface area contributed by atoms with Gasteiger partial charge in [-0.2, -0.15) is 0 Å². The van der Waals surface area contributed by atoms with Crippen LogP contribution in [-0.2, 0) is 0 Å². The highest BCUT2D eigenvalue weighted by Crippen LogP contribution is 2.24. The Morgan fingerprint density at radius 2 is 2.33 bits per heavy atom. The molecule has 0 aliphatic heterocycles. The molecule has 0 atom stereocenters. The third kappa shape index (κ3) is 4.14. The van der Waals surface area contributed by atoms with Crippen molar-refractivity contribution < 1.29 is 9.66 Å². The van der Waals surface area contributed by atoms with Gasteiger partial charge in [-0.05, 0) is 34.2 Å². The van der Waals surface area contributed by atoms with Crippen LogP contribution in [0.15, 0.2) is 24.3 Å². The van der Waals surface area contributed by atoms with E-state index >= 15 is 0 Å². The van der Waals surface area contributed by atoms with Gasteiger partial charge in [0.2, 0.25) is 5.75 Å². The number of hydrogen-bond acceptors (Lipinski definition) is 5. The number of rotatable bonds is 7. The Hall–Kier alpha value is -1.95. The van der Waals surface area contributed by atoms with Crippen LogP contribution in [0, 0.1) is 17.0 Å². The first-order valence-corrected chi connectivity index (χ1v) is 5.66. The van der Waals surface area contributed by atoms with Gasteiger partial charge in [0.1, 0.15) is 12.3 Å². The van der Waals surface area contributed by atoms with Gasteiger partial charge in [0.05, 0.1) is 0 Å². The molecular weight excluding hydrogens is 234 g/mol. The van der Waals surface area contributed by atoms with E-state index in [0.29, 0.717) is 12.2 Å². The van der Waals surface area contributed by atoms with E-state index in [-0.39, 0.29) is 18.2 Å². The molecule has 0 aliphatic rings. The Morgan fingerprint density at radius 3 is 2.94 bits per heavy atom. The number of hydrogen-bond donors (Lipinski definition) is 1. The second-order valence-electron chi connectivity index (χ2n) is 3.85. The number of likely N-dealkylation sites (N-methyl/N-ethyl adjacent to an activating group) is 1. The summed E-state index contributed by atoms with van der Waals surface area (Å²) in [4.78, 5) is 14.1. The summed E-state index contributed by atoms with van der Waals surface area (Å²) < 4.78 is 5.37. The Kier molecular flexibility index (Phi) is 5.26. The Labute approximate surface area is 106 Å². The van der Waals surface area contributed by atoms with Gasteiger partial charge >= 0.3 is 5.82 Å². The fraction of sp³-hybridized carbons (Fsp3) is 0.417. The predicted molar refractivity (Wildman–Crippen MR) is 68.8 cm³/mol. The fourth-order valence-corrected chi connectivity index (χ4v) is 1.31. The zero-order valence-electron chi connectivity index (χ0n) is 10.6. The summed E-state index contributed by atoms with van der Waals surface area (Å²) in [5.41, 5.74) is 1.41. The maximum Gasteiger partial charge on any atom is 0.406 e. The molecule has 0 spiro atoms. The summed E-state index contributed by atoms with van der Waals surface area (Å²) in [5, 5.41) is 13.9. The summed E-state index contributed by atoms with van der Waals surface area (Å²) in [6.45, 7) is 9.21. The lowest BCUT2D eigenvalue weighted by atomic mass is 10.3. The minimum Gasteiger partial charge on any atom is -0.481 e. The highest BCUT2D eigenvalue weighted by molar-refractivity contribution is 5.40. The molecule has 6 nitrogen and oxygen atoms in total. The van der Waals surface area contributed by atoms with Crippen molar-refractivity contribution in [2.24, 2.45) is 0 Å². The molecule has 0 aliphatic carbocycles. The molecule has 0 fully saturated rings. The van der Waals surface area contributed by atoms with Crippen molar-refractivity contribution in [3.63, 3.8) is 0 Å². The van der Waals surface area contributed by atoms with Crippen LogP contribution in [0.3, 0.4) is 0 Å². The lowest BCUT2D eigenvalue weighted by Gasteiger charge is -2.09. The quantitative estimate of drug-likeness (QED) is 0.454. The van der Waals surface area contributed by atoms with Crippen LogP contribution >= 0.6 is 0 Å². The molecule has 0 bridgehead atoms. The molecule has 1 aromatic rings. The zero-order chi connectivity index (χ0) is 13.5. The third-order valence-electron chi connectivity index (χ3n) is 2.21.